The van der Waals surface area contributed by atoms with E-state index in [2.05, 4.69) is 0 Å². The highest BCUT2D eigenvalue weighted by molar-refractivity contribution is 5.69. The second kappa shape index (κ2) is 6.83. The molecule has 0 aromatic heterocycles. The van der Waals surface area contributed by atoms with E-state index in [0.29, 0.717) is 12.1 Å². The van der Waals surface area contributed by atoms with E-state index in [-0.39, 0.29) is 12.0 Å². The van der Waals surface area contributed by atoms with Crippen LogP contribution in [0.2, 0.25) is 0 Å². The summed E-state index contributed by atoms with van der Waals surface area (Å²) < 4.78 is 31.6. The molecule has 21 heavy (non-hydrogen) atoms. The number of aryl methyl sites for hydroxylation is 1. The van der Waals surface area contributed by atoms with Gasteiger partial charge in [0.05, 0.1) is 5.56 Å². The average Bonchev–Trinajstić information content (AvgIpc) is 2.46. The highest BCUT2D eigenvalue weighted by atomic mass is 19.1. The fourth-order valence-corrected chi connectivity index (χ4v) is 1.83. The molecular formula is C16H15F2NO2. The maximum Gasteiger partial charge on any atom is 0.306 e. The van der Waals surface area contributed by atoms with Gasteiger partial charge < -0.3 is 10.5 Å². The molecule has 2 N–H and O–H groups in total. The van der Waals surface area contributed by atoms with E-state index >= 15 is 0 Å². The summed E-state index contributed by atoms with van der Waals surface area (Å²) in [6.07, 6.45) is 0.624. The van der Waals surface area contributed by atoms with Crippen molar-refractivity contribution in [2.75, 3.05) is 5.73 Å². The smallest absolute Gasteiger partial charge is 0.306 e. The normalized spacial score (nSPS) is 10.4. The summed E-state index contributed by atoms with van der Waals surface area (Å²) in [7, 11) is 0. The third kappa shape index (κ3) is 4.27. The van der Waals surface area contributed by atoms with Gasteiger partial charge in [-0.05, 0) is 36.2 Å². The van der Waals surface area contributed by atoms with Gasteiger partial charge in [0.25, 0.3) is 0 Å². The first-order valence-electron chi connectivity index (χ1n) is 6.49. The number of hydrogen-bond donors (Lipinski definition) is 1. The summed E-state index contributed by atoms with van der Waals surface area (Å²) in [6.45, 7) is -0.404. The van der Waals surface area contributed by atoms with Crippen LogP contribution in [0.15, 0.2) is 42.5 Å². The van der Waals surface area contributed by atoms with E-state index in [1.54, 1.807) is 12.1 Å². The Hall–Kier alpha value is -2.43. The molecular weight excluding hydrogens is 276 g/mol. The summed E-state index contributed by atoms with van der Waals surface area (Å²) in [5.41, 5.74) is 6.91. The van der Waals surface area contributed by atoms with Gasteiger partial charge in [0.2, 0.25) is 0 Å². The minimum absolute atomic E-state index is 0.139. The van der Waals surface area contributed by atoms with Crippen LogP contribution >= 0.6 is 0 Å². The Bertz CT molecular complexity index is 606. The molecule has 0 spiro atoms. The van der Waals surface area contributed by atoms with Crippen LogP contribution in [0.5, 0.6) is 0 Å². The van der Waals surface area contributed by atoms with Crippen molar-refractivity contribution < 1.29 is 18.3 Å². The molecule has 0 aliphatic heterocycles. The second-order valence-corrected chi connectivity index (χ2v) is 4.60. The van der Waals surface area contributed by atoms with Crippen molar-refractivity contribution in [2.24, 2.45) is 0 Å². The number of ether oxygens (including phenoxy) is 1. The number of esters is 1. The minimum atomic E-state index is -0.721. The minimum Gasteiger partial charge on any atom is -0.461 e. The Labute approximate surface area is 121 Å². The number of benzene rings is 2. The molecule has 0 atom stereocenters. The molecule has 0 heterocycles. The van der Waals surface area contributed by atoms with Crippen LogP contribution in [0.25, 0.3) is 0 Å². The van der Waals surface area contributed by atoms with Gasteiger partial charge in [0.1, 0.15) is 18.2 Å². The lowest BCUT2D eigenvalue weighted by Crippen LogP contribution is -2.08. The van der Waals surface area contributed by atoms with Crippen LogP contribution in [0.1, 0.15) is 17.5 Å². The Balaban J connectivity index is 1.84. The molecule has 2 aromatic rings. The molecule has 2 rings (SSSR count). The van der Waals surface area contributed by atoms with Crippen LogP contribution < -0.4 is 5.73 Å². The maximum absolute atomic E-state index is 13.3. The number of hydrogen-bond acceptors (Lipinski definition) is 3. The van der Waals surface area contributed by atoms with Gasteiger partial charge >= 0.3 is 5.97 Å². The van der Waals surface area contributed by atoms with E-state index in [1.807, 2.05) is 12.1 Å². The number of halogens is 2. The van der Waals surface area contributed by atoms with Crippen molar-refractivity contribution in [1.29, 1.82) is 0 Å². The average molecular weight is 291 g/mol. The fourth-order valence-electron chi connectivity index (χ4n) is 1.83. The summed E-state index contributed by atoms with van der Waals surface area (Å²) >= 11 is 0. The van der Waals surface area contributed by atoms with Gasteiger partial charge in [0.15, 0.2) is 0 Å². The van der Waals surface area contributed by atoms with Crippen LogP contribution in [0, 0.1) is 11.6 Å². The van der Waals surface area contributed by atoms with Crippen molar-refractivity contribution in [2.45, 2.75) is 19.4 Å². The quantitative estimate of drug-likeness (QED) is 0.679. The molecule has 0 amide bonds. The summed E-state index contributed by atoms with van der Waals surface area (Å²) in [6, 6.07) is 10.6. The van der Waals surface area contributed by atoms with Crippen molar-refractivity contribution in [3.8, 4) is 0 Å². The molecule has 0 radical (unpaired) electrons. The zero-order valence-corrected chi connectivity index (χ0v) is 11.3. The third-order valence-corrected chi connectivity index (χ3v) is 3.04. The van der Waals surface area contributed by atoms with E-state index in [0.717, 1.165) is 17.7 Å². The molecule has 0 aliphatic rings. The van der Waals surface area contributed by atoms with Crippen LogP contribution in [0.4, 0.5) is 14.5 Å². The molecule has 5 heteroatoms. The predicted octanol–water partition coefficient (Wildman–Crippen LogP) is 3.22. The molecule has 0 fully saturated rings. The van der Waals surface area contributed by atoms with Gasteiger partial charge in [0, 0.05) is 12.1 Å². The summed E-state index contributed by atoms with van der Waals surface area (Å²) in [4.78, 5) is 11.6. The first-order chi connectivity index (χ1) is 10.1. The van der Waals surface area contributed by atoms with Gasteiger partial charge in [-0.25, -0.2) is 8.78 Å². The van der Waals surface area contributed by atoms with Crippen molar-refractivity contribution >= 4 is 11.7 Å². The highest BCUT2D eigenvalue weighted by Gasteiger charge is 2.11. The summed E-state index contributed by atoms with van der Waals surface area (Å²) in [5, 5.41) is 0. The van der Waals surface area contributed by atoms with Crippen LogP contribution in [0.3, 0.4) is 0 Å². The van der Waals surface area contributed by atoms with Crippen molar-refractivity contribution in [3.05, 3.63) is 65.2 Å². The molecule has 0 aliphatic carbocycles. The molecule has 0 bridgehead atoms. The molecule has 0 saturated carbocycles. The van der Waals surface area contributed by atoms with Crippen molar-refractivity contribution in [3.63, 3.8) is 0 Å². The van der Waals surface area contributed by atoms with E-state index < -0.39 is 24.2 Å². The largest absolute Gasteiger partial charge is 0.461 e. The Morgan fingerprint density at radius 3 is 2.29 bits per heavy atom. The maximum atomic E-state index is 13.3. The topological polar surface area (TPSA) is 52.3 Å². The molecule has 110 valence electrons. The van der Waals surface area contributed by atoms with Crippen LogP contribution in [-0.2, 0) is 22.6 Å². The van der Waals surface area contributed by atoms with Crippen molar-refractivity contribution in [1.82, 2.24) is 0 Å². The third-order valence-electron chi connectivity index (χ3n) is 3.04. The lowest BCUT2D eigenvalue weighted by atomic mass is 10.1. The Morgan fingerprint density at radius 2 is 1.67 bits per heavy atom. The number of carbonyl (C=O) groups excluding carboxylic acids is 1. The van der Waals surface area contributed by atoms with Gasteiger partial charge in [-0.1, -0.05) is 18.2 Å². The van der Waals surface area contributed by atoms with Gasteiger partial charge in [-0.15, -0.1) is 0 Å². The van der Waals surface area contributed by atoms with E-state index in [4.69, 9.17) is 10.5 Å². The number of anilines is 1. The second-order valence-electron chi connectivity index (χ2n) is 4.60. The van der Waals surface area contributed by atoms with Crippen LogP contribution in [-0.4, -0.2) is 5.97 Å². The van der Waals surface area contributed by atoms with E-state index in [9.17, 15) is 13.6 Å². The SMILES string of the molecule is Nc1ccc(CCC(=O)OCc2c(F)cccc2F)cc1. The standard InChI is InChI=1S/C16H15F2NO2/c17-14-2-1-3-15(18)13(14)10-21-16(20)9-6-11-4-7-12(19)8-5-11/h1-5,7-8H,6,9-10,19H2. The monoisotopic (exact) mass is 291 g/mol. The fraction of sp³-hybridized carbons (Fsp3) is 0.188. The first kappa shape index (κ1) is 15.0. The number of carbonyl (C=O) groups is 1. The lowest BCUT2D eigenvalue weighted by Gasteiger charge is -2.07. The molecule has 0 unspecified atom stereocenters. The van der Waals surface area contributed by atoms with Gasteiger partial charge in [-0.2, -0.15) is 0 Å². The van der Waals surface area contributed by atoms with E-state index in [1.165, 1.54) is 6.07 Å². The Kier molecular flexibility index (Phi) is 4.87. The number of rotatable bonds is 5. The molecule has 2 aromatic carbocycles. The highest BCUT2D eigenvalue weighted by Crippen LogP contribution is 2.14. The predicted molar refractivity (Wildman–Crippen MR) is 75.3 cm³/mol. The first-order valence-corrected chi connectivity index (χ1v) is 6.49. The molecule has 0 saturated heterocycles. The van der Waals surface area contributed by atoms with Gasteiger partial charge in [-0.3, -0.25) is 4.79 Å². The zero-order chi connectivity index (χ0) is 15.2. The summed E-state index contributed by atoms with van der Waals surface area (Å²) in [5.74, 6) is -1.95. The Morgan fingerprint density at radius 1 is 1.05 bits per heavy atom. The number of nitrogen functional groups attached to an aromatic ring is 1. The zero-order valence-electron chi connectivity index (χ0n) is 11.3. The number of nitrogens with two attached hydrogens (primary N) is 1. The lowest BCUT2D eigenvalue weighted by molar-refractivity contribution is -0.145. The molecule has 3 nitrogen and oxygen atoms in total.